The number of nitrogens with zero attached hydrogens (tertiary/aromatic N) is 3. The smallest absolute Gasteiger partial charge is 0.181 e. The van der Waals surface area contributed by atoms with E-state index >= 15 is 0 Å². The lowest BCUT2D eigenvalue weighted by Crippen LogP contribution is -1.95. The van der Waals surface area contributed by atoms with Crippen LogP contribution in [0.15, 0.2) is 21.0 Å². The number of rotatable bonds is 5. The molecule has 0 fully saturated rings. The molecule has 0 radical (unpaired) electrons. The highest BCUT2D eigenvalue weighted by Gasteiger charge is 2.06. The summed E-state index contributed by atoms with van der Waals surface area (Å²) < 4.78 is 5.24. The molecule has 1 aromatic heterocycles. The maximum absolute atomic E-state index is 5.24. The highest BCUT2D eigenvalue weighted by molar-refractivity contribution is 8.13. The third-order valence-electron chi connectivity index (χ3n) is 2.22. The molecule has 1 heterocycles. The number of unbranched alkanes of at least 4 members (excludes halogenated alkanes) is 1. The van der Waals surface area contributed by atoms with Crippen LogP contribution in [0, 0.1) is 6.92 Å². The van der Waals surface area contributed by atoms with E-state index in [1.165, 1.54) is 19.2 Å². The number of aryl methyl sites for hydroxylation is 1. The van der Waals surface area contributed by atoms with E-state index in [2.05, 4.69) is 22.1 Å². The molecule has 0 saturated heterocycles. The fourth-order valence-electron chi connectivity index (χ4n) is 1.23. The molecule has 5 heteroatoms. The van der Waals surface area contributed by atoms with E-state index in [4.69, 9.17) is 4.42 Å². The van der Waals surface area contributed by atoms with E-state index in [-0.39, 0.29) is 0 Å². The van der Waals surface area contributed by atoms with Gasteiger partial charge < -0.3 is 4.42 Å². The average molecular weight is 253 g/mol. The van der Waals surface area contributed by atoms with Gasteiger partial charge in [-0.3, -0.25) is 0 Å². The van der Waals surface area contributed by atoms with Crippen molar-refractivity contribution in [2.45, 2.75) is 40.5 Å². The van der Waals surface area contributed by atoms with Crippen molar-refractivity contribution in [3.63, 3.8) is 0 Å². The second kappa shape index (κ2) is 7.27. The van der Waals surface area contributed by atoms with Gasteiger partial charge in [-0.05, 0) is 32.9 Å². The maximum Gasteiger partial charge on any atom is 0.181 e. The van der Waals surface area contributed by atoms with Crippen LogP contribution in [0.2, 0.25) is 0 Å². The zero-order valence-corrected chi connectivity index (χ0v) is 11.7. The Labute approximate surface area is 107 Å². The predicted octanol–water partition coefficient (Wildman–Crippen LogP) is 3.66. The van der Waals surface area contributed by atoms with Crippen molar-refractivity contribution in [2.24, 2.45) is 10.2 Å². The second-order valence-electron chi connectivity index (χ2n) is 3.77. The summed E-state index contributed by atoms with van der Waals surface area (Å²) in [5, 5.41) is 9.31. The molecule has 0 atom stereocenters. The van der Waals surface area contributed by atoms with Crippen LogP contribution >= 0.6 is 11.8 Å². The lowest BCUT2D eigenvalue weighted by Gasteiger charge is -1.97. The lowest BCUT2D eigenvalue weighted by atomic mass is 10.3. The summed E-state index contributed by atoms with van der Waals surface area (Å²) in [7, 11) is 0. The van der Waals surface area contributed by atoms with Crippen molar-refractivity contribution in [1.82, 2.24) is 4.98 Å². The van der Waals surface area contributed by atoms with Crippen LogP contribution in [-0.2, 0) is 0 Å². The van der Waals surface area contributed by atoms with Crippen molar-refractivity contribution in [3.05, 3.63) is 17.8 Å². The minimum Gasteiger partial charge on any atom is -0.442 e. The molecule has 1 rings (SSSR count). The SMILES string of the molecule is CCCCS/C(C)=N/N=C(\C)c1ocnc1C. The summed E-state index contributed by atoms with van der Waals surface area (Å²) in [5.41, 5.74) is 1.60. The molecular formula is C12H19N3OS. The molecule has 0 amide bonds. The molecule has 0 aliphatic carbocycles. The highest BCUT2D eigenvalue weighted by Crippen LogP contribution is 2.09. The first-order chi connectivity index (χ1) is 8.15. The Morgan fingerprint density at radius 1 is 1.41 bits per heavy atom. The molecule has 0 unspecified atom stereocenters. The fourth-order valence-corrected chi connectivity index (χ4v) is 2.06. The number of thioether (sulfide) groups is 1. The first-order valence-corrected chi connectivity index (χ1v) is 6.75. The van der Waals surface area contributed by atoms with Gasteiger partial charge >= 0.3 is 0 Å². The van der Waals surface area contributed by atoms with Crippen molar-refractivity contribution in [3.8, 4) is 0 Å². The third kappa shape index (κ3) is 4.73. The zero-order chi connectivity index (χ0) is 12.7. The first kappa shape index (κ1) is 14.0. The van der Waals surface area contributed by atoms with Gasteiger partial charge in [-0.15, -0.1) is 16.9 Å². The predicted molar refractivity (Wildman–Crippen MR) is 73.9 cm³/mol. The van der Waals surface area contributed by atoms with Gasteiger partial charge in [0.15, 0.2) is 12.2 Å². The molecule has 0 bridgehead atoms. The van der Waals surface area contributed by atoms with Crippen molar-refractivity contribution < 1.29 is 4.42 Å². The van der Waals surface area contributed by atoms with Crippen molar-refractivity contribution in [1.29, 1.82) is 0 Å². The molecule has 4 nitrogen and oxygen atoms in total. The quantitative estimate of drug-likeness (QED) is 0.348. The second-order valence-corrected chi connectivity index (χ2v) is 5.06. The van der Waals surface area contributed by atoms with Crippen LogP contribution in [0.1, 0.15) is 45.1 Å². The molecule has 0 saturated carbocycles. The Kier molecular flexibility index (Phi) is 5.97. The van der Waals surface area contributed by atoms with Crippen LogP contribution in [0.5, 0.6) is 0 Å². The van der Waals surface area contributed by atoms with Gasteiger partial charge in [0.25, 0.3) is 0 Å². The fraction of sp³-hybridized carbons (Fsp3) is 0.583. The molecule has 0 aromatic carbocycles. The van der Waals surface area contributed by atoms with Gasteiger partial charge in [-0.25, -0.2) is 4.98 Å². The van der Waals surface area contributed by atoms with Crippen molar-refractivity contribution in [2.75, 3.05) is 5.75 Å². The van der Waals surface area contributed by atoms with Gasteiger partial charge in [-0.2, -0.15) is 5.10 Å². The van der Waals surface area contributed by atoms with E-state index in [1.54, 1.807) is 11.8 Å². The Balaban J connectivity index is 2.57. The minimum absolute atomic E-state index is 0.708. The maximum atomic E-state index is 5.24. The molecular weight excluding hydrogens is 234 g/mol. The summed E-state index contributed by atoms with van der Waals surface area (Å²) in [5.74, 6) is 1.81. The number of hydrogen-bond acceptors (Lipinski definition) is 5. The Morgan fingerprint density at radius 3 is 2.76 bits per heavy atom. The van der Waals surface area contributed by atoms with Gasteiger partial charge in [0.2, 0.25) is 0 Å². The van der Waals surface area contributed by atoms with Crippen LogP contribution in [0.3, 0.4) is 0 Å². The highest BCUT2D eigenvalue weighted by atomic mass is 32.2. The topological polar surface area (TPSA) is 50.8 Å². The normalized spacial score (nSPS) is 13.2. The van der Waals surface area contributed by atoms with E-state index in [9.17, 15) is 0 Å². The summed E-state index contributed by atoms with van der Waals surface area (Å²) >= 11 is 1.74. The monoisotopic (exact) mass is 253 g/mol. The van der Waals surface area contributed by atoms with E-state index < -0.39 is 0 Å². The lowest BCUT2D eigenvalue weighted by molar-refractivity contribution is 0.547. The van der Waals surface area contributed by atoms with Gasteiger partial charge in [-0.1, -0.05) is 13.3 Å². The Bertz CT molecular complexity index is 410. The Morgan fingerprint density at radius 2 is 2.18 bits per heavy atom. The number of hydrogen-bond donors (Lipinski definition) is 0. The van der Waals surface area contributed by atoms with E-state index in [1.807, 2.05) is 20.8 Å². The summed E-state index contributed by atoms with van der Waals surface area (Å²) in [6, 6.07) is 0. The summed E-state index contributed by atoms with van der Waals surface area (Å²) in [4.78, 5) is 4.02. The molecule has 17 heavy (non-hydrogen) atoms. The van der Waals surface area contributed by atoms with Gasteiger partial charge in [0.1, 0.15) is 5.71 Å². The van der Waals surface area contributed by atoms with Crippen molar-refractivity contribution >= 4 is 22.5 Å². The molecule has 94 valence electrons. The van der Waals surface area contributed by atoms with E-state index in [0.717, 1.165) is 22.2 Å². The van der Waals surface area contributed by atoms with E-state index in [0.29, 0.717) is 5.76 Å². The zero-order valence-electron chi connectivity index (χ0n) is 10.9. The Hall–Kier alpha value is -1.10. The standard InChI is InChI=1S/C12H19N3OS/c1-5-6-7-17-11(4)15-14-10(3)12-9(2)13-8-16-12/h8H,5-7H2,1-4H3/b14-10+,15-11+. The molecule has 0 spiro atoms. The molecule has 0 aliphatic rings. The number of oxazole rings is 1. The minimum atomic E-state index is 0.708. The number of aromatic nitrogens is 1. The van der Waals surface area contributed by atoms with Crippen LogP contribution in [0.4, 0.5) is 0 Å². The molecule has 0 N–H and O–H groups in total. The first-order valence-electron chi connectivity index (χ1n) is 5.77. The third-order valence-corrected chi connectivity index (χ3v) is 3.22. The average Bonchev–Trinajstić information content (AvgIpc) is 2.73. The molecule has 0 aliphatic heterocycles. The van der Waals surface area contributed by atoms with Crippen LogP contribution < -0.4 is 0 Å². The molecule has 1 aromatic rings. The van der Waals surface area contributed by atoms with Crippen LogP contribution in [0.25, 0.3) is 0 Å². The van der Waals surface area contributed by atoms with Gasteiger partial charge in [0, 0.05) is 0 Å². The summed E-state index contributed by atoms with van der Waals surface area (Å²) in [6.45, 7) is 7.93. The largest absolute Gasteiger partial charge is 0.442 e. The van der Waals surface area contributed by atoms with Gasteiger partial charge in [0.05, 0.1) is 10.7 Å². The summed E-state index contributed by atoms with van der Waals surface area (Å²) in [6.07, 6.45) is 3.84. The van der Waals surface area contributed by atoms with Crippen LogP contribution in [-0.4, -0.2) is 21.5 Å².